The van der Waals surface area contributed by atoms with E-state index in [1.165, 1.54) is 116 Å². The predicted octanol–water partition coefficient (Wildman–Crippen LogP) is 10.6. The van der Waals surface area contributed by atoms with Crippen molar-refractivity contribution in [3.8, 4) is 0 Å². The van der Waals surface area contributed by atoms with Gasteiger partial charge in [-0.05, 0) is 51.4 Å². The van der Waals surface area contributed by atoms with Crippen LogP contribution in [0.15, 0.2) is 48.6 Å². The average molecular weight is 834 g/mol. The maximum atomic E-state index is 12.9. The maximum Gasteiger partial charge on any atom is 0.220 e. The third-order valence-corrected chi connectivity index (χ3v) is 11.4. The van der Waals surface area contributed by atoms with Crippen LogP contribution in [0, 0.1) is 0 Å². The van der Waals surface area contributed by atoms with E-state index in [0.717, 1.165) is 64.2 Å². The molecular weight excluding hydrogens is 743 g/mol. The van der Waals surface area contributed by atoms with Gasteiger partial charge in [0, 0.05) is 6.42 Å². The fourth-order valence-electron chi connectivity index (χ4n) is 7.56. The number of rotatable bonds is 40. The Morgan fingerprint density at radius 1 is 0.593 bits per heavy atom. The average Bonchev–Trinajstić information content (AvgIpc) is 3.23. The van der Waals surface area contributed by atoms with Crippen molar-refractivity contribution < 1.29 is 39.8 Å². The molecule has 6 N–H and O–H groups in total. The molecule has 1 rings (SSSR count). The summed E-state index contributed by atoms with van der Waals surface area (Å²) in [6.45, 7) is 3.67. The summed E-state index contributed by atoms with van der Waals surface area (Å²) in [7, 11) is 0. The number of ether oxygens (including phenoxy) is 2. The van der Waals surface area contributed by atoms with Crippen LogP contribution in [0.3, 0.4) is 0 Å². The normalized spacial score (nSPS) is 21.1. The fraction of sp³-hybridized carbons (Fsp3) is 0.820. The number of hydrogen-bond donors (Lipinski definition) is 6. The Balaban J connectivity index is 2.10. The molecule has 9 heteroatoms. The molecule has 9 nitrogen and oxygen atoms in total. The number of allylic oxidation sites excluding steroid dienone is 8. The first kappa shape index (κ1) is 55.2. The number of amides is 1. The zero-order valence-electron chi connectivity index (χ0n) is 37.7. The third kappa shape index (κ3) is 30.8. The summed E-state index contributed by atoms with van der Waals surface area (Å²) >= 11 is 0. The van der Waals surface area contributed by atoms with Crippen LogP contribution >= 0.6 is 0 Å². The second kappa shape index (κ2) is 40.2. The summed E-state index contributed by atoms with van der Waals surface area (Å²) in [5, 5.41) is 54.1. The number of carbonyl (C=O) groups is 1. The molecule has 0 aromatic heterocycles. The van der Waals surface area contributed by atoms with Gasteiger partial charge in [0.25, 0.3) is 0 Å². The summed E-state index contributed by atoms with van der Waals surface area (Å²) in [5.41, 5.74) is 0. The number of aliphatic hydroxyl groups excluding tert-OH is 5. The summed E-state index contributed by atoms with van der Waals surface area (Å²) in [6, 6.07) is -0.715. The van der Waals surface area contributed by atoms with E-state index in [1.807, 2.05) is 0 Å². The standard InChI is InChI=1S/C50H91NO8/c1-3-5-7-9-11-12-13-14-15-16-17-18-19-20-21-22-23-24-25-26-27-28-29-30-31-32-34-36-38-40-46(54)51-43(44(53)39-37-35-33-10-8-6-4-2)42-58-50-49(57)48(56)47(55)45(41-52)59-50/h5,7,11-12,14-15,17-18,43-45,47-50,52-53,55-57H,3-4,6,8-10,13,16,19-42H2,1-2H3,(H,51,54)/b7-5-,12-11-,15-14-,18-17-. The highest BCUT2D eigenvalue weighted by atomic mass is 16.7. The highest BCUT2D eigenvalue weighted by molar-refractivity contribution is 5.76. The smallest absolute Gasteiger partial charge is 0.220 e. The molecule has 0 saturated carbocycles. The number of carbonyl (C=O) groups excluding carboxylic acids is 1. The molecule has 0 bridgehead atoms. The van der Waals surface area contributed by atoms with Gasteiger partial charge in [0.15, 0.2) is 6.29 Å². The first-order valence-electron chi connectivity index (χ1n) is 24.3. The number of aliphatic hydroxyl groups is 5. The van der Waals surface area contributed by atoms with E-state index in [2.05, 4.69) is 67.8 Å². The van der Waals surface area contributed by atoms with Crippen LogP contribution in [-0.2, 0) is 14.3 Å². The van der Waals surface area contributed by atoms with Crippen molar-refractivity contribution in [1.29, 1.82) is 0 Å². The second-order valence-electron chi connectivity index (χ2n) is 16.9. The Hall–Kier alpha value is -1.85. The Bertz CT molecular complexity index is 1060. The lowest BCUT2D eigenvalue weighted by atomic mass is 9.99. The van der Waals surface area contributed by atoms with Crippen molar-refractivity contribution in [3.05, 3.63) is 48.6 Å². The van der Waals surface area contributed by atoms with Crippen LogP contribution < -0.4 is 5.32 Å². The van der Waals surface area contributed by atoms with Crippen LogP contribution in [0.1, 0.15) is 206 Å². The van der Waals surface area contributed by atoms with Gasteiger partial charge in [0.2, 0.25) is 5.91 Å². The van der Waals surface area contributed by atoms with Crippen LogP contribution in [0.5, 0.6) is 0 Å². The lowest BCUT2D eigenvalue weighted by molar-refractivity contribution is -0.302. The van der Waals surface area contributed by atoms with E-state index >= 15 is 0 Å². The number of nitrogens with one attached hydrogen (secondary N) is 1. The van der Waals surface area contributed by atoms with Gasteiger partial charge in [-0.25, -0.2) is 0 Å². The second-order valence-corrected chi connectivity index (χ2v) is 16.9. The van der Waals surface area contributed by atoms with Crippen LogP contribution in [-0.4, -0.2) is 87.5 Å². The van der Waals surface area contributed by atoms with Gasteiger partial charge >= 0.3 is 0 Å². The van der Waals surface area contributed by atoms with E-state index in [0.29, 0.717) is 12.8 Å². The highest BCUT2D eigenvalue weighted by Crippen LogP contribution is 2.23. The van der Waals surface area contributed by atoms with Crippen molar-refractivity contribution in [3.63, 3.8) is 0 Å². The van der Waals surface area contributed by atoms with Gasteiger partial charge in [0.05, 0.1) is 25.4 Å². The minimum Gasteiger partial charge on any atom is -0.394 e. The molecule has 1 aliphatic heterocycles. The molecular formula is C50H91NO8. The van der Waals surface area contributed by atoms with Gasteiger partial charge in [-0.2, -0.15) is 0 Å². The molecule has 344 valence electrons. The van der Waals surface area contributed by atoms with E-state index in [4.69, 9.17) is 9.47 Å². The van der Waals surface area contributed by atoms with Crippen LogP contribution in [0.4, 0.5) is 0 Å². The van der Waals surface area contributed by atoms with Crippen LogP contribution in [0.25, 0.3) is 0 Å². The summed E-state index contributed by atoms with van der Waals surface area (Å²) in [5.74, 6) is -0.149. The molecule has 0 spiro atoms. The fourth-order valence-corrected chi connectivity index (χ4v) is 7.56. The Morgan fingerprint density at radius 3 is 1.56 bits per heavy atom. The van der Waals surface area contributed by atoms with E-state index in [-0.39, 0.29) is 12.5 Å². The van der Waals surface area contributed by atoms with Crippen molar-refractivity contribution >= 4 is 5.91 Å². The Morgan fingerprint density at radius 2 is 1.05 bits per heavy atom. The maximum absolute atomic E-state index is 12.9. The molecule has 0 radical (unpaired) electrons. The molecule has 59 heavy (non-hydrogen) atoms. The molecule has 1 saturated heterocycles. The topological polar surface area (TPSA) is 149 Å². The van der Waals surface area contributed by atoms with Crippen molar-refractivity contribution in [2.75, 3.05) is 13.2 Å². The molecule has 7 unspecified atom stereocenters. The van der Waals surface area contributed by atoms with Gasteiger partial charge in [0.1, 0.15) is 24.4 Å². The first-order chi connectivity index (χ1) is 28.8. The molecule has 1 heterocycles. The molecule has 0 aromatic carbocycles. The molecule has 1 aliphatic rings. The number of unbranched alkanes of at least 4 members (excludes halogenated alkanes) is 22. The molecule has 0 aliphatic carbocycles. The first-order valence-corrected chi connectivity index (χ1v) is 24.3. The van der Waals surface area contributed by atoms with Gasteiger partial charge in [-0.3, -0.25) is 4.79 Å². The predicted molar refractivity (Wildman–Crippen MR) is 244 cm³/mol. The van der Waals surface area contributed by atoms with E-state index in [9.17, 15) is 30.3 Å². The molecule has 1 amide bonds. The zero-order valence-corrected chi connectivity index (χ0v) is 37.7. The molecule has 0 aromatic rings. The van der Waals surface area contributed by atoms with E-state index in [1.54, 1.807) is 0 Å². The minimum atomic E-state index is -1.55. The lowest BCUT2D eigenvalue weighted by Gasteiger charge is -2.40. The summed E-state index contributed by atoms with van der Waals surface area (Å²) in [4.78, 5) is 12.9. The van der Waals surface area contributed by atoms with E-state index < -0.39 is 49.5 Å². The van der Waals surface area contributed by atoms with Gasteiger partial charge in [-0.1, -0.05) is 197 Å². The SMILES string of the molecule is CC/C=C\C/C=C\C/C=C\C/C=C\CCCCCCCCCCCCCCCCCCC(=O)NC(COC1OC(CO)C(O)C(O)C1O)C(O)CCCCCCCCC. The summed E-state index contributed by atoms with van der Waals surface area (Å²) < 4.78 is 11.2. The monoisotopic (exact) mass is 834 g/mol. The minimum absolute atomic E-state index is 0.139. The molecule has 7 atom stereocenters. The third-order valence-electron chi connectivity index (χ3n) is 11.4. The lowest BCUT2D eigenvalue weighted by Crippen LogP contribution is -2.60. The largest absolute Gasteiger partial charge is 0.394 e. The summed E-state index contributed by atoms with van der Waals surface area (Å²) in [6.07, 6.45) is 44.5. The molecule has 1 fully saturated rings. The van der Waals surface area contributed by atoms with Gasteiger partial charge in [-0.15, -0.1) is 0 Å². The van der Waals surface area contributed by atoms with Crippen molar-refractivity contribution in [2.24, 2.45) is 0 Å². The van der Waals surface area contributed by atoms with Crippen molar-refractivity contribution in [1.82, 2.24) is 5.32 Å². The Kier molecular flexibility index (Phi) is 37.6. The van der Waals surface area contributed by atoms with Gasteiger partial charge < -0.3 is 40.3 Å². The quantitative estimate of drug-likeness (QED) is 0.0264. The zero-order chi connectivity index (χ0) is 43.0. The Labute approximate surface area is 361 Å². The number of hydrogen-bond acceptors (Lipinski definition) is 8. The van der Waals surface area contributed by atoms with Crippen LogP contribution in [0.2, 0.25) is 0 Å². The highest BCUT2D eigenvalue weighted by Gasteiger charge is 2.44. The van der Waals surface area contributed by atoms with Crippen molar-refractivity contribution in [2.45, 2.75) is 249 Å².